The van der Waals surface area contributed by atoms with Crippen LogP contribution in [0.3, 0.4) is 0 Å². The maximum atomic E-state index is 13.3. The van der Waals surface area contributed by atoms with E-state index in [0.29, 0.717) is 0 Å². The first-order chi connectivity index (χ1) is 23.7. The van der Waals surface area contributed by atoms with Crippen LogP contribution < -0.4 is 36.3 Å². The zero-order valence-electron chi connectivity index (χ0n) is 26.5. The molecule has 6 heteroatoms. The lowest BCUT2D eigenvalue weighted by molar-refractivity contribution is 0.354. The molecule has 0 amide bonds. The highest BCUT2D eigenvalue weighted by Crippen LogP contribution is 2.23. The molecular weight excluding hydrogens is 637 g/mol. The van der Waals surface area contributed by atoms with Crippen LogP contribution in [0.1, 0.15) is 0 Å². The third-order valence-corrected chi connectivity index (χ3v) is 21.3. The van der Waals surface area contributed by atoms with Crippen molar-refractivity contribution < 1.29 is 13.0 Å². The third kappa shape index (κ3) is 5.97. The number of hydrogen-bond donors (Lipinski definition) is 1. The SMILES string of the molecule is O[Si](O[Si](O[Si](c1ccccc1)(c1ccccc1)c1ccccc1)(c1ccccc1)c1ccccc1)(c1ccccc1)c1ccccc1. The molecule has 0 aliphatic carbocycles. The van der Waals surface area contributed by atoms with Crippen LogP contribution in [-0.4, -0.2) is 30.2 Å². The monoisotopic (exact) mass is 672 g/mol. The molecule has 0 unspecified atom stereocenters. The van der Waals surface area contributed by atoms with Gasteiger partial charge < -0.3 is 13.0 Å². The smallest absolute Gasteiger partial charge is 0.396 e. The molecule has 0 atom stereocenters. The molecule has 0 heterocycles. The van der Waals surface area contributed by atoms with E-state index in [-0.39, 0.29) is 0 Å². The van der Waals surface area contributed by atoms with Crippen molar-refractivity contribution in [3.63, 3.8) is 0 Å². The molecule has 0 aromatic heterocycles. The lowest BCUT2D eigenvalue weighted by atomic mass is 10.3. The summed E-state index contributed by atoms with van der Waals surface area (Å²) >= 11 is 0. The molecular formula is C42H36O3Si3. The van der Waals surface area contributed by atoms with E-state index in [2.05, 4.69) is 97.1 Å². The molecule has 0 radical (unpaired) electrons. The fourth-order valence-electron chi connectivity index (χ4n) is 6.47. The van der Waals surface area contributed by atoms with Crippen LogP contribution in [0.2, 0.25) is 0 Å². The largest absolute Gasteiger partial charge is 0.419 e. The van der Waals surface area contributed by atoms with E-state index in [0.717, 1.165) is 36.3 Å². The summed E-state index contributed by atoms with van der Waals surface area (Å²) in [7, 11) is -11.2. The summed E-state index contributed by atoms with van der Waals surface area (Å²) < 4.78 is 16.0. The van der Waals surface area contributed by atoms with Gasteiger partial charge in [0, 0.05) is 0 Å². The van der Waals surface area contributed by atoms with Crippen molar-refractivity contribution in [2.75, 3.05) is 0 Å². The highest BCUT2D eigenvalue weighted by atomic mass is 28.5. The maximum absolute atomic E-state index is 13.3. The summed E-state index contributed by atoms with van der Waals surface area (Å²) in [6, 6.07) is 72.0. The van der Waals surface area contributed by atoms with E-state index in [9.17, 15) is 4.80 Å². The average Bonchev–Trinajstić information content (AvgIpc) is 3.19. The van der Waals surface area contributed by atoms with E-state index in [1.54, 1.807) is 0 Å². The Labute approximate surface area is 286 Å². The highest BCUT2D eigenvalue weighted by Gasteiger charge is 2.58. The Morgan fingerprint density at radius 3 is 0.771 bits per heavy atom. The van der Waals surface area contributed by atoms with Gasteiger partial charge in [-0.3, -0.25) is 0 Å². The first kappa shape index (κ1) is 31.7. The molecule has 0 bridgehead atoms. The average molecular weight is 673 g/mol. The first-order valence-electron chi connectivity index (χ1n) is 16.2. The molecule has 0 aliphatic heterocycles. The fourth-order valence-corrected chi connectivity index (χ4v) is 20.8. The van der Waals surface area contributed by atoms with Crippen molar-refractivity contribution in [2.45, 2.75) is 0 Å². The van der Waals surface area contributed by atoms with Crippen molar-refractivity contribution in [3.05, 3.63) is 212 Å². The van der Waals surface area contributed by atoms with Crippen molar-refractivity contribution in [2.24, 2.45) is 0 Å². The lowest BCUT2D eigenvalue weighted by Crippen LogP contribution is -2.81. The third-order valence-electron chi connectivity index (χ3n) is 8.77. The Hall–Kier alpha value is -4.93. The molecule has 0 spiro atoms. The van der Waals surface area contributed by atoms with Gasteiger partial charge in [-0.1, -0.05) is 212 Å². The quantitative estimate of drug-likeness (QED) is 0.166. The molecule has 0 saturated carbocycles. The summed E-state index contributed by atoms with van der Waals surface area (Å²) in [6.07, 6.45) is 0. The Morgan fingerprint density at radius 1 is 0.271 bits per heavy atom. The van der Waals surface area contributed by atoms with E-state index < -0.39 is 25.4 Å². The summed E-state index contributed by atoms with van der Waals surface area (Å²) in [5.74, 6) is 0. The van der Waals surface area contributed by atoms with Crippen LogP contribution in [0.25, 0.3) is 0 Å². The number of hydrogen-bond acceptors (Lipinski definition) is 3. The Kier molecular flexibility index (Phi) is 9.27. The minimum absolute atomic E-state index is 0.759. The van der Waals surface area contributed by atoms with Crippen LogP contribution in [-0.2, 0) is 8.23 Å². The van der Waals surface area contributed by atoms with Crippen LogP contribution in [0.4, 0.5) is 0 Å². The zero-order chi connectivity index (χ0) is 32.7. The molecule has 0 saturated heterocycles. The predicted molar refractivity (Wildman–Crippen MR) is 204 cm³/mol. The van der Waals surface area contributed by atoms with Gasteiger partial charge in [0.1, 0.15) is 0 Å². The van der Waals surface area contributed by atoms with Gasteiger partial charge in [0.25, 0.3) is 8.32 Å². The maximum Gasteiger partial charge on any atom is 0.396 e. The van der Waals surface area contributed by atoms with Gasteiger partial charge in [-0.15, -0.1) is 0 Å². The van der Waals surface area contributed by atoms with Gasteiger partial charge in [-0.25, -0.2) is 0 Å². The molecule has 7 aromatic carbocycles. The molecule has 3 nitrogen and oxygen atoms in total. The van der Waals surface area contributed by atoms with Crippen molar-refractivity contribution in [1.29, 1.82) is 0 Å². The van der Waals surface area contributed by atoms with Gasteiger partial charge in [-0.05, 0) is 36.3 Å². The van der Waals surface area contributed by atoms with E-state index >= 15 is 0 Å². The minimum atomic E-state index is -3.95. The van der Waals surface area contributed by atoms with Gasteiger partial charge in [0.15, 0.2) is 0 Å². The van der Waals surface area contributed by atoms with Crippen molar-refractivity contribution >= 4 is 61.7 Å². The second kappa shape index (κ2) is 14.0. The van der Waals surface area contributed by atoms with Crippen LogP contribution in [0, 0.1) is 0 Å². The van der Waals surface area contributed by atoms with Gasteiger partial charge in [-0.2, -0.15) is 0 Å². The summed E-state index contributed by atoms with van der Waals surface area (Å²) in [4.78, 5) is 13.3. The second-order valence-electron chi connectivity index (χ2n) is 11.7. The Bertz CT molecular complexity index is 1840. The minimum Gasteiger partial charge on any atom is -0.419 e. The van der Waals surface area contributed by atoms with Gasteiger partial charge in [0.05, 0.1) is 0 Å². The van der Waals surface area contributed by atoms with Gasteiger partial charge in [0.2, 0.25) is 0 Å². The molecule has 1 N–H and O–H groups in total. The molecule has 48 heavy (non-hydrogen) atoms. The normalized spacial score (nSPS) is 12.0. The summed E-state index contributed by atoms with van der Waals surface area (Å²) in [5.41, 5.74) is 0. The molecule has 0 fully saturated rings. The van der Waals surface area contributed by atoms with Crippen molar-refractivity contribution in [3.8, 4) is 0 Å². The molecule has 7 rings (SSSR count). The molecule has 7 aromatic rings. The highest BCUT2D eigenvalue weighted by molar-refractivity contribution is 7.15. The topological polar surface area (TPSA) is 38.7 Å². The molecule has 234 valence electrons. The van der Waals surface area contributed by atoms with E-state index in [1.165, 1.54) is 0 Å². The number of rotatable bonds is 11. The molecule has 0 aliphatic rings. The Balaban J connectivity index is 1.60. The lowest BCUT2D eigenvalue weighted by Gasteiger charge is -2.45. The van der Waals surface area contributed by atoms with E-state index in [1.807, 2.05) is 115 Å². The van der Waals surface area contributed by atoms with E-state index in [4.69, 9.17) is 8.23 Å². The first-order valence-corrected chi connectivity index (χ1v) is 21.7. The zero-order valence-corrected chi connectivity index (χ0v) is 29.5. The second-order valence-corrected chi connectivity index (χ2v) is 21.3. The number of benzene rings is 7. The summed E-state index contributed by atoms with van der Waals surface area (Å²) in [5, 5.41) is 6.66. The van der Waals surface area contributed by atoms with Crippen molar-refractivity contribution in [1.82, 2.24) is 0 Å². The Morgan fingerprint density at radius 2 is 0.500 bits per heavy atom. The summed E-state index contributed by atoms with van der Waals surface area (Å²) in [6.45, 7) is 0. The van der Waals surface area contributed by atoms with Gasteiger partial charge >= 0.3 is 17.1 Å². The predicted octanol–water partition coefficient (Wildman–Crippen LogP) is 4.19. The fraction of sp³-hybridized carbons (Fsp3) is 0. The van der Waals surface area contributed by atoms with Crippen LogP contribution in [0.5, 0.6) is 0 Å². The standard InChI is InChI=1S/C42H36O3Si3/c43-47(39-28-14-4-15-29-39,40-30-16-5-17-31-40)45-48(41-32-18-6-19-33-41,42-34-20-7-21-35-42)44-46(36-22-8-1-9-23-36,37-24-10-2-11-25-37)38-26-12-3-13-27-38/h1-35,43H. The van der Waals surface area contributed by atoms with Crippen LogP contribution >= 0.6 is 0 Å². The van der Waals surface area contributed by atoms with Crippen LogP contribution in [0.15, 0.2) is 212 Å².